The minimum Gasteiger partial charge on any atom is -0.353 e. The smallest absolute Gasteiger partial charge is 0.220 e. The lowest BCUT2D eigenvalue weighted by Gasteiger charge is -2.13. The Kier molecular flexibility index (Phi) is 3.24. The monoisotopic (exact) mass is 173 g/mol. The fraction of sp³-hybridized carbons (Fsp3) is 0.875. The number of carbonyl (C=O) groups excluding carboxylic acids is 1. The lowest BCUT2D eigenvalue weighted by molar-refractivity contribution is -0.119. The Balaban J connectivity index is 2.22. The molecule has 0 saturated carbocycles. The molecule has 0 aromatic carbocycles. The van der Waals surface area contributed by atoms with E-state index in [1.807, 2.05) is 0 Å². The standard InChI is InChI=1S/C8H15NOS/c1-2-7(11)5-6-3-4-8(10)9-6/h6-7,11H,2-5H2,1H3,(H,9,10). The maximum Gasteiger partial charge on any atom is 0.220 e. The van der Waals surface area contributed by atoms with Gasteiger partial charge in [0.25, 0.3) is 0 Å². The van der Waals surface area contributed by atoms with Crippen molar-refractivity contribution in [2.24, 2.45) is 0 Å². The van der Waals surface area contributed by atoms with Crippen molar-refractivity contribution in [2.45, 2.75) is 43.9 Å². The highest BCUT2D eigenvalue weighted by Crippen LogP contribution is 2.16. The van der Waals surface area contributed by atoms with Gasteiger partial charge in [0, 0.05) is 17.7 Å². The first kappa shape index (κ1) is 8.91. The number of thiol groups is 1. The Hall–Kier alpha value is -0.180. The molecule has 1 N–H and O–H groups in total. The van der Waals surface area contributed by atoms with Crippen molar-refractivity contribution < 1.29 is 4.79 Å². The molecule has 1 aliphatic heterocycles. The molecular formula is C8H15NOS. The second kappa shape index (κ2) is 4.00. The zero-order chi connectivity index (χ0) is 8.27. The van der Waals surface area contributed by atoms with E-state index in [1.54, 1.807) is 0 Å². The van der Waals surface area contributed by atoms with E-state index in [9.17, 15) is 4.79 Å². The first-order valence-corrected chi connectivity index (χ1v) is 4.71. The molecule has 1 heterocycles. The van der Waals surface area contributed by atoms with Crippen LogP contribution in [0, 0.1) is 0 Å². The van der Waals surface area contributed by atoms with Crippen LogP contribution in [0.25, 0.3) is 0 Å². The van der Waals surface area contributed by atoms with Crippen LogP contribution < -0.4 is 5.32 Å². The molecule has 2 unspecified atom stereocenters. The van der Waals surface area contributed by atoms with E-state index in [-0.39, 0.29) is 5.91 Å². The van der Waals surface area contributed by atoms with Gasteiger partial charge in [-0.3, -0.25) is 4.79 Å². The summed E-state index contributed by atoms with van der Waals surface area (Å²) in [6.07, 6.45) is 3.80. The van der Waals surface area contributed by atoms with Gasteiger partial charge in [-0.1, -0.05) is 6.92 Å². The van der Waals surface area contributed by atoms with Crippen LogP contribution in [0.2, 0.25) is 0 Å². The maximum atomic E-state index is 10.8. The summed E-state index contributed by atoms with van der Waals surface area (Å²) < 4.78 is 0. The molecule has 0 radical (unpaired) electrons. The van der Waals surface area contributed by atoms with Gasteiger partial charge in [-0.2, -0.15) is 12.6 Å². The third-order valence-corrected chi connectivity index (χ3v) is 2.69. The average molecular weight is 173 g/mol. The van der Waals surface area contributed by atoms with Gasteiger partial charge in [0.15, 0.2) is 0 Å². The molecule has 0 aliphatic carbocycles. The van der Waals surface area contributed by atoms with Gasteiger partial charge in [0.05, 0.1) is 0 Å². The quantitative estimate of drug-likeness (QED) is 0.620. The van der Waals surface area contributed by atoms with Gasteiger partial charge in [-0.05, 0) is 19.3 Å². The number of hydrogen-bond donors (Lipinski definition) is 2. The lowest BCUT2D eigenvalue weighted by atomic mass is 10.1. The van der Waals surface area contributed by atoms with Gasteiger partial charge >= 0.3 is 0 Å². The third kappa shape index (κ3) is 2.73. The number of amides is 1. The summed E-state index contributed by atoms with van der Waals surface area (Å²) in [4.78, 5) is 10.8. The molecule has 11 heavy (non-hydrogen) atoms. The Bertz CT molecular complexity index is 149. The molecule has 2 nitrogen and oxygen atoms in total. The summed E-state index contributed by atoms with van der Waals surface area (Å²) >= 11 is 4.38. The van der Waals surface area contributed by atoms with Crippen LogP contribution in [0.5, 0.6) is 0 Å². The van der Waals surface area contributed by atoms with Crippen LogP contribution in [0.15, 0.2) is 0 Å². The second-order valence-electron chi connectivity index (χ2n) is 3.10. The van der Waals surface area contributed by atoms with Crippen LogP contribution in [0.4, 0.5) is 0 Å². The molecule has 1 fully saturated rings. The predicted octanol–water partition coefficient (Wildman–Crippen LogP) is 1.36. The summed E-state index contributed by atoms with van der Waals surface area (Å²) in [7, 11) is 0. The zero-order valence-electron chi connectivity index (χ0n) is 6.84. The Labute approximate surface area is 73.2 Å². The fourth-order valence-corrected chi connectivity index (χ4v) is 1.60. The van der Waals surface area contributed by atoms with Crippen LogP contribution in [-0.4, -0.2) is 17.2 Å². The SMILES string of the molecule is CCC(S)CC1CCC(=O)N1. The molecular weight excluding hydrogens is 158 g/mol. The summed E-state index contributed by atoms with van der Waals surface area (Å²) in [5.41, 5.74) is 0. The average Bonchev–Trinajstić information content (AvgIpc) is 2.35. The molecule has 1 rings (SSSR count). The fourth-order valence-electron chi connectivity index (χ4n) is 1.35. The van der Waals surface area contributed by atoms with Crippen molar-refractivity contribution in [1.29, 1.82) is 0 Å². The molecule has 1 saturated heterocycles. The summed E-state index contributed by atoms with van der Waals surface area (Å²) in [6, 6.07) is 0.393. The van der Waals surface area contributed by atoms with Crippen molar-refractivity contribution in [3.05, 3.63) is 0 Å². The van der Waals surface area contributed by atoms with Crippen LogP contribution in [0.3, 0.4) is 0 Å². The summed E-state index contributed by atoms with van der Waals surface area (Å²) in [6.45, 7) is 2.12. The minimum atomic E-state index is 0.201. The molecule has 0 spiro atoms. The molecule has 0 bridgehead atoms. The summed E-state index contributed by atoms with van der Waals surface area (Å²) in [5, 5.41) is 3.37. The highest BCUT2D eigenvalue weighted by molar-refractivity contribution is 7.80. The van der Waals surface area contributed by atoms with E-state index in [4.69, 9.17) is 0 Å². The van der Waals surface area contributed by atoms with Gasteiger partial charge in [-0.25, -0.2) is 0 Å². The molecule has 1 aliphatic rings. The Morgan fingerprint density at radius 3 is 3.00 bits per heavy atom. The van der Waals surface area contributed by atoms with Crippen molar-refractivity contribution in [1.82, 2.24) is 5.32 Å². The van der Waals surface area contributed by atoms with E-state index in [0.717, 1.165) is 19.3 Å². The van der Waals surface area contributed by atoms with Crippen molar-refractivity contribution in [2.75, 3.05) is 0 Å². The predicted molar refractivity (Wildman–Crippen MR) is 48.8 cm³/mol. The number of hydrogen-bond acceptors (Lipinski definition) is 2. The Morgan fingerprint density at radius 1 is 1.82 bits per heavy atom. The third-order valence-electron chi connectivity index (χ3n) is 2.11. The van der Waals surface area contributed by atoms with E-state index in [0.29, 0.717) is 17.7 Å². The molecule has 64 valence electrons. The molecule has 0 aromatic heterocycles. The molecule has 0 aromatic rings. The number of rotatable bonds is 3. The van der Waals surface area contributed by atoms with E-state index >= 15 is 0 Å². The zero-order valence-corrected chi connectivity index (χ0v) is 7.73. The first-order valence-electron chi connectivity index (χ1n) is 4.19. The van der Waals surface area contributed by atoms with Crippen molar-refractivity contribution in [3.63, 3.8) is 0 Å². The lowest BCUT2D eigenvalue weighted by Crippen LogP contribution is -2.27. The van der Waals surface area contributed by atoms with Crippen molar-refractivity contribution in [3.8, 4) is 0 Å². The van der Waals surface area contributed by atoms with Crippen molar-refractivity contribution >= 4 is 18.5 Å². The Morgan fingerprint density at radius 2 is 2.55 bits per heavy atom. The first-order chi connectivity index (χ1) is 5.22. The van der Waals surface area contributed by atoms with Gasteiger partial charge in [-0.15, -0.1) is 0 Å². The number of carbonyl (C=O) groups is 1. The second-order valence-corrected chi connectivity index (χ2v) is 3.83. The highest BCUT2D eigenvalue weighted by atomic mass is 32.1. The largest absolute Gasteiger partial charge is 0.353 e. The van der Waals surface area contributed by atoms with E-state index in [2.05, 4.69) is 24.9 Å². The van der Waals surface area contributed by atoms with Gasteiger partial charge in [0.2, 0.25) is 5.91 Å². The van der Waals surface area contributed by atoms with Gasteiger partial charge < -0.3 is 5.32 Å². The highest BCUT2D eigenvalue weighted by Gasteiger charge is 2.21. The van der Waals surface area contributed by atoms with Gasteiger partial charge in [0.1, 0.15) is 0 Å². The van der Waals surface area contributed by atoms with Crippen LogP contribution >= 0.6 is 12.6 Å². The van der Waals surface area contributed by atoms with Crippen LogP contribution in [-0.2, 0) is 4.79 Å². The minimum absolute atomic E-state index is 0.201. The topological polar surface area (TPSA) is 29.1 Å². The van der Waals surface area contributed by atoms with E-state index < -0.39 is 0 Å². The maximum absolute atomic E-state index is 10.8. The molecule has 2 atom stereocenters. The van der Waals surface area contributed by atoms with E-state index in [1.165, 1.54) is 0 Å². The van der Waals surface area contributed by atoms with Crippen LogP contribution in [0.1, 0.15) is 32.6 Å². The molecule has 3 heteroatoms. The molecule has 1 amide bonds. The normalized spacial score (nSPS) is 26.7. The number of nitrogens with one attached hydrogen (secondary N) is 1. The summed E-state index contributed by atoms with van der Waals surface area (Å²) in [5.74, 6) is 0.201.